The molecule has 0 unspecified atom stereocenters. The molecule has 1 fully saturated rings. The van der Waals surface area contributed by atoms with E-state index in [9.17, 15) is 0 Å². The number of nitrogens with zero attached hydrogens (tertiary/aromatic N) is 3. The van der Waals surface area contributed by atoms with Gasteiger partial charge in [-0.05, 0) is 26.2 Å². The smallest absolute Gasteiger partial charge is 0.159 e. The van der Waals surface area contributed by atoms with E-state index in [1.54, 1.807) is 6.20 Å². The van der Waals surface area contributed by atoms with Gasteiger partial charge in [0.1, 0.15) is 11.6 Å². The molecule has 6 heteroatoms. The summed E-state index contributed by atoms with van der Waals surface area (Å²) in [7, 11) is 0. The summed E-state index contributed by atoms with van der Waals surface area (Å²) in [5, 5.41) is 11.1. The van der Waals surface area contributed by atoms with Gasteiger partial charge >= 0.3 is 0 Å². The van der Waals surface area contributed by atoms with Gasteiger partial charge in [-0.2, -0.15) is 9.61 Å². The fourth-order valence-corrected chi connectivity index (χ4v) is 2.64. The van der Waals surface area contributed by atoms with Gasteiger partial charge in [-0.25, -0.2) is 4.98 Å². The topological polar surface area (TPSA) is 80.3 Å². The summed E-state index contributed by atoms with van der Waals surface area (Å²) in [4.78, 5) is 4.50. The second kappa shape index (κ2) is 5.05. The van der Waals surface area contributed by atoms with Crippen LogP contribution in [-0.4, -0.2) is 33.2 Å². The summed E-state index contributed by atoms with van der Waals surface area (Å²) in [5.41, 5.74) is 6.81. The highest BCUT2D eigenvalue weighted by atomic mass is 15.3. The molecule has 0 bridgehead atoms. The summed E-state index contributed by atoms with van der Waals surface area (Å²) in [6.07, 6.45) is 4.99. The van der Waals surface area contributed by atoms with Gasteiger partial charge in [-0.3, -0.25) is 0 Å². The van der Waals surface area contributed by atoms with Crippen molar-refractivity contribution < 1.29 is 0 Å². The first-order valence-corrected chi connectivity index (χ1v) is 6.87. The van der Waals surface area contributed by atoms with Gasteiger partial charge < -0.3 is 16.4 Å². The second-order valence-electron chi connectivity index (χ2n) is 5.07. The van der Waals surface area contributed by atoms with E-state index in [4.69, 9.17) is 5.73 Å². The van der Waals surface area contributed by atoms with Crippen LogP contribution in [0, 0.1) is 0 Å². The molecule has 6 nitrogen and oxygen atoms in total. The quantitative estimate of drug-likeness (QED) is 0.775. The normalized spacial score (nSPS) is 22.8. The van der Waals surface area contributed by atoms with Crippen molar-refractivity contribution in [1.29, 1.82) is 0 Å². The summed E-state index contributed by atoms with van der Waals surface area (Å²) < 4.78 is 1.84. The third-order valence-electron chi connectivity index (χ3n) is 3.54. The van der Waals surface area contributed by atoms with Crippen LogP contribution in [-0.2, 0) is 0 Å². The van der Waals surface area contributed by atoms with E-state index in [1.165, 1.54) is 0 Å². The number of aromatic nitrogens is 3. The lowest BCUT2D eigenvalue weighted by Gasteiger charge is -2.16. The second-order valence-corrected chi connectivity index (χ2v) is 5.07. The van der Waals surface area contributed by atoms with Crippen molar-refractivity contribution in [3.05, 3.63) is 18.3 Å². The average molecular weight is 260 g/mol. The maximum atomic E-state index is 5.96. The van der Waals surface area contributed by atoms with Crippen molar-refractivity contribution in [3.63, 3.8) is 0 Å². The van der Waals surface area contributed by atoms with Gasteiger partial charge in [-0.1, -0.05) is 0 Å². The molecule has 2 aromatic heterocycles. The van der Waals surface area contributed by atoms with Crippen LogP contribution in [0.25, 0.3) is 5.65 Å². The van der Waals surface area contributed by atoms with Crippen molar-refractivity contribution in [2.24, 2.45) is 5.73 Å². The van der Waals surface area contributed by atoms with Crippen LogP contribution < -0.4 is 16.4 Å². The Balaban J connectivity index is 1.89. The van der Waals surface area contributed by atoms with Gasteiger partial charge in [0.25, 0.3) is 0 Å². The van der Waals surface area contributed by atoms with Crippen molar-refractivity contribution in [2.75, 3.05) is 17.2 Å². The third-order valence-corrected chi connectivity index (χ3v) is 3.54. The molecule has 1 aliphatic carbocycles. The summed E-state index contributed by atoms with van der Waals surface area (Å²) >= 11 is 0. The lowest BCUT2D eigenvalue weighted by Crippen LogP contribution is -2.22. The highest BCUT2D eigenvalue weighted by Gasteiger charge is 2.22. The van der Waals surface area contributed by atoms with Crippen LogP contribution in [0.4, 0.5) is 11.6 Å². The predicted molar refractivity (Wildman–Crippen MR) is 76.4 cm³/mol. The van der Waals surface area contributed by atoms with Gasteiger partial charge in [0.15, 0.2) is 5.65 Å². The van der Waals surface area contributed by atoms with Gasteiger partial charge in [-0.15, -0.1) is 0 Å². The van der Waals surface area contributed by atoms with Gasteiger partial charge in [0.05, 0.1) is 6.20 Å². The SMILES string of the molecule is CCNc1cc(N[C@H]2CC[C@H](N)C2)n2nccc2n1. The van der Waals surface area contributed by atoms with Crippen molar-refractivity contribution >= 4 is 17.3 Å². The summed E-state index contributed by atoms with van der Waals surface area (Å²) in [6, 6.07) is 4.67. The first-order valence-electron chi connectivity index (χ1n) is 6.87. The molecule has 2 atom stereocenters. The minimum Gasteiger partial charge on any atom is -0.370 e. The van der Waals surface area contributed by atoms with Crippen LogP contribution in [0.5, 0.6) is 0 Å². The molecule has 0 aromatic carbocycles. The van der Waals surface area contributed by atoms with E-state index in [0.29, 0.717) is 12.1 Å². The molecule has 3 rings (SSSR count). The Morgan fingerprint density at radius 3 is 3.11 bits per heavy atom. The molecule has 1 saturated carbocycles. The molecule has 4 N–H and O–H groups in total. The standard InChI is InChI=1S/C13H20N6/c1-2-15-11-8-13(17-10-4-3-9(14)7-10)19-12(18-11)5-6-16-19/h5-6,8-10,17H,2-4,7,14H2,1H3,(H,15,18)/t9-,10-/m0/s1. The Bertz CT molecular complexity index is 563. The lowest BCUT2D eigenvalue weighted by atomic mass is 10.2. The Hall–Kier alpha value is -1.82. The Labute approximate surface area is 112 Å². The molecule has 19 heavy (non-hydrogen) atoms. The van der Waals surface area contributed by atoms with Crippen LogP contribution in [0.15, 0.2) is 18.3 Å². The third kappa shape index (κ3) is 2.49. The summed E-state index contributed by atoms with van der Waals surface area (Å²) in [5.74, 6) is 1.85. The van der Waals surface area contributed by atoms with E-state index >= 15 is 0 Å². The van der Waals surface area contributed by atoms with Crippen molar-refractivity contribution in [2.45, 2.75) is 38.3 Å². The number of nitrogens with two attached hydrogens (primary N) is 1. The van der Waals surface area contributed by atoms with Gasteiger partial charge in [0.2, 0.25) is 0 Å². The van der Waals surface area contributed by atoms with E-state index in [0.717, 1.165) is 43.1 Å². The number of fused-ring (bicyclic) bond motifs is 1. The molecular formula is C13H20N6. The van der Waals surface area contributed by atoms with Crippen LogP contribution in [0.1, 0.15) is 26.2 Å². The molecule has 0 spiro atoms. The van der Waals surface area contributed by atoms with E-state index in [-0.39, 0.29) is 0 Å². The van der Waals surface area contributed by atoms with Crippen molar-refractivity contribution in [3.8, 4) is 0 Å². The zero-order valence-electron chi connectivity index (χ0n) is 11.1. The van der Waals surface area contributed by atoms with Crippen LogP contribution in [0.2, 0.25) is 0 Å². The molecule has 0 aliphatic heterocycles. The Morgan fingerprint density at radius 1 is 1.47 bits per heavy atom. The molecular weight excluding hydrogens is 240 g/mol. The van der Waals surface area contributed by atoms with Crippen LogP contribution in [0.3, 0.4) is 0 Å². The monoisotopic (exact) mass is 260 g/mol. The Kier molecular flexibility index (Phi) is 3.25. The molecule has 2 aromatic rings. The zero-order valence-corrected chi connectivity index (χ0v) is 11.1. The average Bonchev–Trinajstić information content (AvgIpc) is 2.99. The number of anilines is 2. The molecule has 1 aliphatic rings. The maximum Gasteiger partial charge on any atom is 0.159 e. The largest absolute Gasteiger partial charge is 0.370 e. The van der Waals surface area contributed by atoms with Crippen LogP contribution >= 0.6 is 0 Å². The van der Waals surface area contributed by atoms with E-state index in [1.807, 2.05) is 16.6 Å². The number of hydrogen-bond donors (Lipinski definition) is 3. The Morgan fingerprint density at radius 2 is 2.37 bits per heavy atom. The minimum absolute atomic E-state index is 0.320. The fraction of sp³-hybridized carbons (Fsp3) is 0.538. The van der Waals surface area contributed by atoms with E-state index in [2.05, 4.69) is 27.6 Å². The van der Waals surface area contributed by atoms with E-state index < -0.39 is 0 Å². The fourth-order valence-electron chi connectivity index (χ4n) is 2.64. The minimum atomic E-state index is 0.320. The lowest BCUT2D eigenvalue weighted by molar-refractivity contribution is 0.684. The first kappa shape index (κ1) is 12.2. The molecule has 0 amide bonds. The van der Waals surface area contributed by atoms with Crippen molar-refractivity contribution in [1.82, 2.24) is 14.6 Å². The zero-order chi connectivity index (χ0) is 13.2. The first-order chi connectivity index (χ1) is 9.26. The summed E-state index contributed by atoms with van der Waals surface area (Å²) in [6.45, 7) is 2.91. The number of nitrogens with one attached hydrogen (secondary N) is 2. The highest BCUT2D eigenvalue weighted by molar-refractivity contribution is 5.57. The molecule has 2 heterocycles. The molecule has 0 saturated heterocycles. The predicted octanol–water partition coefficient (Wildman–Crippen LogP) is 1.45. The molecule has 0 radical (unpaired) electrons. The van der Waals surface area contributed by atoms with Gasteiger partial charge in [0, 0.05) is 30.8 Å². The maximum absolute atomic E-state index is 5.96. The highest BCUT2D eigenvalue weighted by Crippen LogP contribution is 2.23. The number of hydrogen-bond acceptors (Lipinski definition) is 5. The number of rotatable bonds is 4. The molecule has 102 valence electrons.